The van der Waals surface area contributed by atoms with E-state index < -0.39 is 27.8 Å². The van der Waals surface area contributed by atoms with Crippen LogP contribution in [0.2, 0.25) is 0 Å². The van der Waals surface area contributed by atoms with E-state index in [1.165, 1.54) is 7.11 Å². The van der Waals surface area contributed by atoms with Crippen LogP contribution in [0, 0.1) is 4.84 Å². The van der Waals surface area contributed by atoms with Crippen molar-refractivity contribution >= 4 is 39.0 Å². The van der Waals surface area contributed by atoms with Gasteiger partial charge in [0.15, 0.2) is 11.2 Å². The summed E-state index contributed by atoms with van der Waals surface area (Å²) in [6, 6.07) is 11.6. The summed E-state index contributed by atoms with van der Waals surface area (Å²) >= 11 is 5.48. The first-order chi connectivity index (χ1) is 14.1. The normalized spacial score (nSPS) is 23.7. The van der Waals surface area contributed by atoms with Crippen molar-refractivity contribution in [1.82, 2.24) is 4.57 Å². The number of sulfonamides is 1. The van der Waals surface area contributed by atoms with Gasteiger partial charge >= 0.3 is 0 Å². The first kappa shape index (κ1) is 20.9. The van der Waals surface area contributed by atoms with Gasteiger partial charge in [0.1, 0.15) is 11.9 Å². The van der Waals surface area contributed by atoms with Crippen LogP contribution >= 0.6 is 12.2 Å². The van der Waals surface area contributed by atoms with E-state index >= 15 is 0 Å². The summed E-state index contributed by atoms with van der Waals surface area (Å²) in [6.07, 6.45) is 0.0103. The molecule has 0 fully saturated rings. The van der Waals surface area contributed by atoms with Crippen LogP contribution < -0.4 is 9.46 Å². The van der Waals surface area contributed by atoms with E-state index in [1.807, 2.05) is 18.2 Å². The number of nitrogens with one attached hydrogen (secondary N) is 1. The molecule has 0 saturated heterocycles. The average Bonchev–Trinajstić information content (AvgIpc) is 2.98. The molecule has 0 aliphatic carbocycles. The van der Waals surface area contributed by atoms with Crippen LogP contribution in [0.15, 0.2) is 46.9 Å². The molecule has 2 heterocycles. The summed E-state index contributed by atoms with van der Waals surface area (Å²) in [6.45, 7) is 1.89. The minimum atomic E-state index is -3.48. The van der Waals surface area contributed by atoms with Crippen LogP contribution in [0.3, 0.4) is 0 Å². The number of rotatable bonds is 5. The quantitative estimate of drug-likeness (QED) is 0.576. The van der Waals surface area contributed by atoms with E-state index in [2.05, 4.69) is 4.72 Å². The topological polar surface area (TPSA) is 103 Å². The fraction of sp³-hybridized carbons (Fsp3) is 0.350. The highest BCUT2D eigenvalue weighted by molar-refractivity contribution is 7.92. The smallest absolute Gasteiger partial charge is 0.270 e. The van der Waals surface area contributed by atoms with Crippen LogP contribution in [-0.2, 0) is 14.8 Å². The van der Waals surface area contributed by atoms with E-state index in [-0.39, 0.29) is 11.4 Å². The second-order valence-corrected chi connectivity index (χ2v) is 9.67. The Kier molecular flexibility index (Phi) is 5.13. The molecule has 10 heteroatoms. The minimum absolute atomic E-state index is 0.135. The number of anilines is 1. The molecule has 1 aliphatic rings. The Labute approximate surface area is 179 Å². The molecule has 1 aromatic heterocycles. The number of benzene rings is 2. The van der Waals surface area contributed by atoms with E-state index in [0.717, 1.165) is 6.26 Å². The molecule has 4 rings (SSSR count). The summed E-state index contributed by atoms with van der Waals surface area (Å²) in [5.74, 6) is 0.496. The molecule has 0 unspecified atom stereocenters. The molecule has 0 saturated carbocycles. The maximum Gasteiger partial charge on any atom is 0.270 e. The molecule has 0 amide bonds. The van der Waals surface area contributed by atoms with Gasteiger partial charge in [-0.2, -0.15) is 0 Å². The number of methoxy groups -OCH3 is 1. The molecule has 3 atom stereocenters. The summed E-state index contributed by atoms with van der Waals surface area (Å²) in [4.78, 5) is 0.189. The third-order valence-corrected chi connectivity index (χ3v) is 6.01. The average molecular weight is 451 g/mol. The maximum absolute atomic E-state index is 11.7. The number of hydrogen-bond acceptors (Lipinski definition) is 7. The number of aliphatic hydroxyl groups excluding tert-OH is 1. The molecule has 0 spiro atoms. The van der Waals surface area contributed by atoms with Crippen molar-refractivity contribution in [3.63, 3.8) is 0 Å². The van der Waals surface area contributed by atoms with Crippen LogP contribution in [0.1, 0.15) is 18.5 Å². The van der Waals surface area contributed by atoms with Gasteiger partial charge in [0.25, 0.3) is 4.84 Å². The van der Waals surface area contributed by atoms with Crippen molar-refractivity contribution in [3.05, 3.63) is 52.9 Å². The lowest BCUT2D eigenvalue weighted by Gasteiger charge is -2.44. The Morgan fingerprint density at radius 3 is 2.73 bits per heavy atom. The van der Waals surface area contributed by atoms with Gasteiger partial charge in [0.05, 0.1) is 24.4 Å². The molecular formula is C20H22N2O6S2. The fourth-order valence-electron chi connectivity index (χ4n) is 3.89. The van der Waals surface area contributed by atoms with E-state index in [1.54, 1.807) is 35.8 Å². The molecule has 1 aliphatic heterocycles. The zero-order valence-corrected chi connectivity index (χ0v) is 18.3. The van der Waals surface area contributed by atoms with Crippen LogP contribution in [-0.4, -0.2) is 49.8 Å². The fourth-order valence-corrected chi connectivity index (χ4v) is 4.75. The maximum atomic E-state index is 11.7. The Hall–Kier alpha value is -2.40. The third kappa shape index (κ3) is 3.60. The Morgan fingerprint density at radius 2 is 2.03 bits per heavy atom. The molecule has 30 heavy (non-hydrogen) atoms. The zero-order chi connectivity index (χ0) is 21.7. The first-order valence-electron chi connectivity index (χ1n) is 9.21. The van der Waals surface area contributed by atoms with Crippen LogP contribution in [0.4, 0.5) is 5.69 Å². The van der Waals surface area contributed by atoms with Gasteiger partial charge in [-0.3, -0.25) is 9.29 Å². The van der Waals surface area contributed by atoms with Gasteiger partial charge in [-0.1, -0.05) is 12.1 Å². The van der Waals surface area contributed by atoms with E-state index in [4.69, 9.17) is 26.1 Å². The van der Waals surface area contributed by atoms with Crippen LogP contribution in [0.25, 0.3) is 11.1 Å². The Bertz CT molecular complexity index is 1270. The van der Waals surface area contributed by atoms with Crippen LogP contribution in [0.5, 0.6) is 5.75 Å². The number of aromatic nitrogens is 1. The largest absolute Gasteiger partial charge is 0.482 e. The van der Waals surface area contributed by atoms with Gasteiger partial charge in [-0.15, -0.1) is 0 Å². The first-order valence-corrected chi connectivity index (χ1v) is 11.5. The lowest BCUT2D eigenvalue weighted by Crippen LogP contribution is -2.55. The lowest BCUT2D eigenvalue weighted by molar-refractivity contribution is -0.109. The summed E-state index contributed by atoms with van der Waals surface area (Å²) in [5.41, 5.74) is 1.16. The summed E-state index contributed by atoms with van der Waals surface area (Å²) in [5, 5.41) is 11.4. The molecule has 0 radical (unpaired) electrons. The van der Waals surface area contributed by atoms with Gasteiger partial charge in [0, 0.05) is 18.4 Å². The highest BCUT2D eigenvalue weighted by Gasteiger charge is 2.48. The van der Waals surface area contributed by atoms with Gasteiger partial charge in [0.2, 0.25) is 10.0 Å². The second-order valence-electron chi connectivity index (χ2n) is 7.57. The van der Waals surface area contributed by atoms with Crippen molar-refractivity contribution in [2.75, 3.05) is 24.7 Å². The second kappa shape index (κ2) is 7.38. The molecule has 0 bridgehead atoms. The number of fused-ring (bicyclic) bond motifs is 2. The van der Waals surface area contributed by atoms with E-state index in [0.29, 0.717) is 28.1 Å². The monoisotopic (exact) mass is 450 g/mol. The van der Waals surface area contributed by atoms with Gasteiger partial charge in [-0.25, -0.2) is 8.42 Å². The number of aliphatic hydroxyl groups is 1. The molecule has 3 aromatic rings. The van der Waals surface area contributed by atoms with Crippen molar-refractivity contribution in [2.45, 2.75) is 24.7 Å². The highest BCUT2D eigenvalue weighted by atomic mass is 32.2. The lowest BCUT2D eigenvalue weighted by atomic mass is 9.85. The number of oxazole rings is 1. The predicted molar refractivity (Wildman–Crippen MR) is 115 cm³/mol. The SMILES string of the molecule is COC[C@]1(C)Oc2ccc(NS(C)(=O)=O)cc2[C@@H](n2c(=S)oc3ccccc32)[C@H]1O. The number of hydrogen-bond donors (Lipinski definition) is 2. The Balaban J connectivity index is 1.96. The predicted octanol–water partition coefficient (Wildman–Crippen LogP) is 3.08. The zero-order valence-electron chi connectivity index (χ0n) is 16.7. The molecule has 2 aromatic carbocycles. The van der Waals surface area contributed by atoms with E-state index in [9.17, 15) is 13.5 Å². The molecular weight excluding hydrogens is 428 g/mol. The number of ether oxygens (including phenoxy) is 2. The third-order valence-electron chi connectivity index (χ3n) is 5.13. The molecule has 2 N–H and O–H groups in total. The van der Waals surface area contributed by atoms with Crippen molar-refractivity contribution in [2.24, 2.45) is 0 Å². The van der Waals surface area contributed by atoms with Crippen molar-refractivity contribution in [1.29, 1.82) is 0 Å². The molecule has 160 valence electrons. The summed E-state index contributed by atoms with van der Waals surface area (Å²) in [7, 11) is -1.95. The molecule has 8 nitrogen and oxygen atoms in total. The summed E-state index contributed by atoms with van der Waals surface area (Å²) < 4.78 is 44.8. The van der Waals surface area contributed by atoms with Gasteiger partial charge in [-0.05, 0) is 49.5 Å². The van der Waals surface area contributed by atoms with Crippen molar-refractivity contribution in [3.8, 4) is 5.75 Å². The standard InChI is InChI=1S/C20H22N2O6S2/c1-20(11-26-2)18(23)17(22-14-6-4-5-7-16(14)27-19(22)29)13-10-12(21-30(3,24)25)8-9-15(13)28-20/h4-10,17-18,21,23H,11H2,1-3H3/t17-,18-,20+/m1/s1. The Morgan fingerprint density at radius 1 is 1.30 bits per heavy atom. The minimum Gasteiger partial charge on any atom is -0.482 e. The van der Waals surface area contributed by atoms with Gasteiger partial charge < -0.3 is 19.0 Å². The highest BCUT2D eigenvalue weighted by Crippen LogP contribution is 2.44. The van der Waals surface area contributed by atoms with Crippen molar-refractivity contribution < 1.29 is 27.4 Å². The number of nitrogens with zero attached hydrogens (tertiary/aromatic N) is 1. The number of para-hydroxylation sites is 2.